The van der Waals surface area contributed by atoms with E-state index in [0.717, 1.165) is 0 Å². The van der Waals surface area contributed by atoms with Crippen molar-refractivity contribution in [1.82, 2.24) is 4.98 Å². The molecule has 0 fully saturated rings. The van der Waals surface area contributed by atoms with Gasteiger partial charge in [0.05, 0.1) is 18.2 Å². The Bertz CT molecular complexity index is 534. The number of hydrogen-bond acceptors (Lipinski definition) is 3. The van der Waals surface area contributed by atoms with Crippen molar-refractivity contribution >= 4 is 15.9 Å². The van der Waals surface area contributed by atoms with Gasteiger partial charge in [0.25, 0.3) is 0 Å². The SMILES string of the molecule is N#CCc1c(CBr)ncc(C(F)(F)F)c1OC(F)(F)F. The normalized spacial score (nSPS) is 12.1. The van der Waals surface area contributed by atoms with Gasteiger partial charge in [0.15, 0.2) is 0 Å². The molecule has 1 aromatic heterocycles. The second-order valence-electron chi connectivity index (χ2n) is 3.44. The monoisotopic (exact) mass is 362 g/mol. The van der Waals surface area contributed by atoms with Gasteiger partial charge in [-0.2, -0.15) is 18.4 Å². The van der Waals surface area contributed by atoms with E-state index in [4.69, 9.17) is 5.26 Å². The van der Waals surface area contributed by atoms with Crippen LogP contribution in [-0.4, -0.2) is 11.3 Å². The fraction of sp³-hybridized carbons (Fsp3) is 0.400. The third kappa shape index (κ3) is 4.00. The van der Waals surface area contributed by atoms with E-state index in [0.29, 0.717) is 0 Å². The van der Waals surface area contributed by atoms with Crippen LogP contribution < -0.4 is 4.74 Å². The molecule has 1 aromatic rings. The molecule has 0 spiro atoms. The lowest BCUT2D eigenvalue weighted by Gasteiger charge is -2.19. The first kappa shape index (κ1) is 16.6. The average molecular weight is 363 g/mol. The molecule has 0 aliphatic carbocycles. The maximum absolute atomic E-state index is 12.7. The van der Waals surface area contributed by atoms with Crippen molar-refractivity contribution in [3.05, 3.63) is 23.0 Å². The molecule has 0 N–H and O–H groups in total. The number of alkyl halides is 7. The standard InChI is InChI=1S/C10H5BrF6N2O/c11-3-7-5(1-2-18)8(20-10(15,16)17)6(4-19-7)9(12,13)14/h4H,1,3H2. The molecular weight excluding hydrogens is 358 g/mol. The molecule has 3 nitrogen and oxygen atoms in total. The van der Waals surface area contributed by atoms with Crippen LogP contribution in [0.5, 0.6) is 5.75 Å². The molecule has 20 heavy (non-hydrogen) atoms. The lowest BCUT2D eigenvalue weighted by atomic mass is 10.1. The number of halogens is 7. The molecule has 0 unspecified atom stereocenters. The summed E-state index contributed by atoms with van der Waals surface area (Å²) in [4.78, 5) is 3.41. The highest BCUT2D eigenvalue weighted by atomic mass is 79.9. The zero-order chi connectivity index (χ0) is 15.6. The number of ether oxygens (including phenoxy) is 1. The van der Waals surface area contributed by atoms with E-state index in [1.807, 2.05) is 0 Å². The highest BCUT2D eigenvalue weighted by Gasteiger charge is 2.41. The first-order valence-electron chi connectivity index (χ1n) is 4.86. The van der Waals surface area contributed by atoms with Gasteiger partial charge in [-0.05, 0) is 0 Å². The van der Waals surface area contributed by atoms with Crippen molar-refractivity contribution in [2.24, 2.45) is 0 Å². The highest BCUT2D eigenvalue weighted by molar-refractivity contribution is 9.08. The third-order valence-electron chi connectivity index (χ3n) is 2.12. The summed E-state index contributed by atoms with van der Waals surface area (Å²) < 4.78 is 78.3. The Kier molecular flexibility index (Phi) is 4.86. The zero-order valence-corrected chi connectivity index (χ0v) is 11.0. The number of rotatable bonds is 3. The van der Waals surface area contributed by atoms with Crippen LogP contribution >= 0.6 is 15.9 Å². The summed E-state index contributed by atoms with van der Waals surface area (Å²) in [6, 6.07) is 1.49. The summed E-state index contributed by atoms with van der Waals surface area (Å²) in [6.45, 7) is 0. The molecule has 0 radical (unpaired) electrons. The van der Waals surface area contributed by atoms with Crippen molar-refractivity contribution < 1.29 is 31.1 Å². The van der Waals surface area contributed by atoms with Crippen LogP contribution in [0.1, 0.15) is 16.8 Å². The quantitative estimate of drug-likeness (QED) is 0.603. The number of pyridine rings is 1. The van der Waals surface area contributed by atoms with Crippen LogP contribution in [0.15, 0.2) is 6.20 Å². The topological polar surface area (TPSA) is 45.9 Å². The Morgan fingerprint density at radius 2 is 1.85 bits per heavy atom. The molecule has 0 aliphatic rings. The minimum Gasteiger partial charge on any atom is -0.405 e. The molecule has 0 bridgehead atoms. The lowest BCUT2D eigenvalue weighted by molar-refractivity contribution is -0.276. The Morgan fingerprint density at radius 1 is 1.25 bits per heavy atom. The summed E-state index contributed by atoms with van der Waals surface area (Å²) in [5.41, 5.74) is -2.35. The fourth-order valence-electron chi connectivity index (χ4n) is 1.38. The van der Waals surface area contributed by atoms with Crippen LogP contribution in [0.2, 0.25) is 0 Å². The fourth-order valence-corrected chi connectivity index (χ4v) is 1.87. The summed E-state index contributed by atoms with van der Waals surface area (Å²) in [5.74, 6) is -1.43. The van der Waals surface area contributed by atoms with Crippen LogP contribution in [0.25, 0.3) is 0 Å². The first-order chi connectivity index (χ1) is 9.10. The van der Waals surface area contributed by atoms with E-state index in [9.17, 15) is 26.3 Å². The Balaban J connectivity index is 3.55. The van der Waals surface area contributed by atoms with Crippen LogP contribution in [0, 0.1) is 11.3 Å². The molecule has 10 heteroatoms. The molecule has 0 amide bonds. The maximum atomic E-state index is 12.7. The minimum atomic E-state index is -5.31. The smallest absolute Gasteiger partial charge is 0.405 e. The number of aromatic nitrogens is 1. The zero-order valence-electron chi connectivity index (χ0n) is 9.44. The van der Waals surface area contributed by atoms with Gasteiger partial charge in [0, 0.05) is 17.1 Å². The first-order valence-corrected chi connectivity index (χ1v) is 5.99. The predicted octanol–water partition coefficient (Wildman–Crippen LogP) is 3.96. The van der Waals surface area contributed by atoms with Gasteiger partial charge >= 0.3 is 12.5 Å². The second-order valence-corrected chi connectivity index (χ2v) is 4.00. The van der Waals surface area contributed by atoms with Gasteiger partial charge in [-0.3, -0.25) is 4.98 Å². The molecule has 0 saturated heterocycles. The molecule has 110 valence electrons. The second kappa shape index (κ2) is 5.87. The van der Waals surface area contributed by atoms with Crippen LogP contribution in [0.3, 0.4) is 0 Å². The van der Waals surface area contributed by atoms with Crippen molar-refractivity contribution in [3.63, 3.8) is 0 Å². The molecule has 0 aromatic carbocycles. The van der Waals surface area contributed by atoms with Gasteiger partial charge in [-0.25, -0.2) is 0 Å². The summed E-state index contributed by atoms with van der Waals surface area (Å²) >= 11 is 2.88. The summed E-state index contributed by atoms with van der Waals surface area (Å²) in [6.07, 6.45) is -10.8. The van der Waals surface area contributed by atoms with E-state index < -0.39 is 35.8 Å². The molecular formula is C10H5BrF6N2O. The number of nitriles is 1. The van der Waals surface area contributed by atoms with Gasteiger partial charge in [-0.1, -0.05) is 15.9 Å². The molecule has 1 heterocycles. The third-order valence-corrected chi connectivity index (χ3v) is 2.65. The molecule has 0 saturated carbocycles. The van der Waals surface area contributed by atoms with E-state index in [1.54, 1.807) is 0 Å². The van der Waals surface area contributed by atoms with E-state index in [1.165, 1.54) is 6.07 Å². The van der Waals surface area contributed by atoms with Crippen molar-refractivity contribution in [1.29, 1.82) is 5.26 Å². The van der Waals surface area contributed by atoms with E-state index >= 15 is 0 Å². The van der Waals surface area contributed by atoms with Gasteiger partial charge in [0.1, 0.15) is 11.3 Å². The van der Waals surface area contributed by atoms with Crippen molar-refractivity contribution in [3.8, 4) is 11.8 Å². The highest BCUT2D eigenvalue weighted by Crippen LogP contribution is 2.41. The summed E-state index contributed by atoms with van der Waals surface area (Å²) in [5, 5.41) is 8.43. The Morgan fingerprint density at radius 3 is 2.25 bits per heavy atom. The number of hydrogen-bond donors (Lipinski definition) is 0. The van der Waals surface area contributed by atoms with Gasteiger partial charge < -0.3 is 4.74 Å². The van der Waals surface area contributed by atoms with E-state index in [-0.39, 0.29) is 17.2 Å². The van der Waals surface area contributed by atoms with E-state index in [2.05, 4.69) is 25.7 Å². The minimum absolute atomic E-state index is 0.115. The van der Waals surface area contributed by atoms with Crippen molar-refractivity contribution in [2.75, 3.05) is 0 Å². The van der Waals surface area contributed by atoms with Crippen LogP contribution in [0.4, 0.5) is 26.3 Å². The molecule has 0 aliphatic heterocycles. The Hall–Kier alpha value is -1.50. The van der Waals surface area contributed by atoms with Crippen molar-refractivity contribution in [2.45, 2.75) is 24.3 Å². The summed E-state index contributed by atoms with van der Waals surface area (Å²) in [7, 11) is 0. The molecule has 1 rings (SSSR count). The Labute approximate surface area is 117 Å². The maximum Gasteiger partial charge on any atom is 0.573 e. The van der Waals surface area contributed by atoms with Gasteiger partial charge in [0.2, 0.25) is 0 Å². The number of nitrogens with zero attached hydrogens (tertiary/aromatic N) is 2. The van der Waals surface area contributed by atoms with Gasteiger partial charge in [-0.15, -0.1) is 13.2 Å². The average Bonchev–Trinajstić information content (AvgIpc) is 2.27. The van der Waals surface area contributed by atoms with Crippen LogP contribution in [-0.2, 0) is 17.9 Å². The predicted molar refractivity (Wildman–Crippen MR) is 57.9 cm³/mol. The largest absolute Gasteiger partial charge is 0.573 e. The molecule has 0 atom stereocenters. The lowest BCUT2D eigenvalue weighted by Crippen LogP contribution is -2.22.